The highest BCUT2D eigenvalue weighted by molar-refractivity contribution is 5.80. The van der Waals surface area contributed by atoms with Crippen LogP contribution in [0, 0.1) is 0 Å². The third-order valence-electron chi connectivity index (χ3n) is 1.85. The average molecular weight is 202 g/mol. The molecular weight excluding hydrogens is 184 g/mol. The van der Waals surface area contributed by atoms with E-state index in [0.29, 0.717) is 0 Å². The molecule has 0 aromatic heterocycles. The molecule has 0 fully saturated rings. The van der Waals surface area contributed by atoms with E-state index in [1.165, 1.54) is 0 Å². The molecule has 0 aliphatic rings. The Kier molecular flexibility index (Phi) is 5.11. The number of nitrogens with two attached hydrogens (primary N) is 2. The molecule has 14 heavy (non-hydrogen) atoms. The van der Waals surface area contributed by atoms with Gasteiger partial charge in [-0.25, -0.2) is 0 Å². The first-order chi connectivity index (χ1) is 6.34. The summed E-state index contributed by atoms with van der Waals surface area (Å²) in [5.41, 5.74) is 10.1. The Morgan fingerprint density at radius 3 is 1.43 bits per heavy atom. The number of hydrogen-bond donors (Lipinski definition) is 4. The van der Waals surface area contributed by atoms with Gasteiger partial charge in [-0.2, -0.15) is 0 Å². The van der Waals surface area contributed by atoms with Crippen LogP contribution < -0.4 is 22.1 Å². The van der Waals surface area contributed by atoms with Gasteiger partial charge in [-0.15, -0.1) is 0 Å². The van der Waals surface area contributed by atoms with E-state index in [2.05, 4.69) is 10.6 Å². The maximum atomic E-state index is 10.7. The highest BCUT2D eigenvalue weighted by Crippen LogP contribution is 1.86. The molecule has 0 heterocycles. The van der Waals surface area contributed by atoms with Gasteiger partial charge in [0.15, 0.2) is 0 Å². The number of carbonyl (C=O) groups excluding carboxylic acids is 2. The molecule has 0 aromatic carbocycles. The van der Waals surface area contributed by atoms with Gasteiger partial charge in [0.2, 0.25) is 11.8 Å². The zero-order valence-corrected chi connectivity index (χ0v) is 8.70. The van der Waals surface area contributed by atoms with E-state index in [1.807, 2.05) is 0 Å². The molecule has 82 valence electrons. The molecule has 0 aliphatic heterocycles. The van der Waals surface area contributed by atoms with Crippen molar-refractivity contribution in [3.05, 3.63) is 0 Å². The number of carbonyl (C=O) groups is 2. The third-order valence-corrected chi connectivity index (χ3v) is 1.85. The van der Waals surface area contributed by atoms with Gasteiger partial charge in [-0.3, -0.25) is 20.2 Å². The number of primary amides is 2. The Labute approximate surface area is 83.4 Å². The third kappa shape index (κ3) is 4.78. The quantitative estimate of drug-likeness (QED) is 0.383. The first-order valence-electron chi connectivity index (χ1n) is 4.45. The van der Waals surface area contributed by atoms with Crippen LogP contribution in [0.5, 0.6) is 0 Å². The van der Waals surface area contributed by atoms with Crippen LogP contribution in [0.2, 0.25) is 0 Å². The highest BCUT2D eigenvalue weighted by Gasteiger charge is 2.15. The van der Waals surface area contributed by atoms with E-state index in [0.717, 1.165) is 0 Å². The van der Waals surface area contributed by atoms with Crippen LogP contribution in [0.1, 0.15) is 20.8 Å². The predicted octanol–water partition coefficient (Wildman–Crippen LogP) is -1.74. The van der Waals surface area contributed by atoms with Crippen LogP contribution in [0.15, 0.2) is 0 Å². The first kappa shape index (κ1) is 12.9. The fraction of sp³-hybridized carbons (Fsp3) is 0.750. The van der Waals surface area contributed by atoms with Crippen molar-refractivity contribution in [3.63, 3.8) is 0 Å². The highest BCUT2D eigenvalue weighted by atomic mass is 16.2. The first-order valence-corrected chi connectivity index (χ1v) is 4.45. The van der Waals surface area contributed by atoms with Crippen molar-refractivity contribution in [2.45, 2.75) is 39.0 Å². The van der Waals surface area contributed by atoms with Crippen molar-refractivity contribution < 1.29 is 9.59 Å². The Hall–Kier alpha value is -1.14. The van der Waals surface area contributed by atoms with Crippen molar-refractivity contribution in [3.8, 4) is 0 Å². The second-order valence-electron chi connectivity index (χ2n) is 3.30. The van der Waals surface area contributed by atoms with Crippen molar-refractivity contribution >= 4 is 11.8 Å². The summed E-state index contributed by atoms with van der Waals surface area (Å²) in [6.07, 6.45) is -0.208. The molecule has 0 radical (unpaired) electrons. The van der Waals surface area contributed by atoms with Crippen LogP contribution in [0.3, 0.4) is 0 Å². The summed E-state index contributed by atoms with van der Waals surface area (Å²) in [6.45, 7) is 5.07. The lowest BCUT2D eigenvalue weighted by atomic mass is 10.3. The minimum atomic E-state index is -0.447. The normalized spacial score (nSPS) is 17.1. The molecular formula is C8H18N4O2. The topological polar surface area (TPSA) is 110 Å². The minimum absolute atomic E-state index is 0.208. The van der Waals surface area contributed by atoms with Crippen LogP contribution >= 0.6 is 0 Å². The molecule has 0 saturated heterocycles. The maximum absolute atomic E-state index is 10.7. The molecule has 0 bridgehead atoms. The van der Waals surface area contributed by atoms with Gasteiger partial charge in [-0.05, 0) is 20.8 Å². The summed E-state index contributed by atoms with van der Waals surface area (Å²) in [5.74, 6) is -0.879. The van der Waals surface area contributed by atoms with Gasteiger partial charge >= 0.3 is 0 Å². The van der Waals surface area contributed by atoms with Gasteiger partial charge in [-0.1, -0.05) is 0 Å². The molecule has 6 N–H and O–H groups in total. The van der Waals surface area contributed by atoms with Crippen LogP contribution in [0.4, 0.5) is 0 Å². The van der Waals surface area contributed by atoms with Crippen molar-refractivity contribution in [1.82, 2.24) is 10.6 Å². The molecule has 6 heteroatoms. The van der Waals surface area contributed by atoms with Crippen LogP contribution in [0.25, 0.3) is 0 Å². The van der Waals surface area contributed by atoms with Gasteiger partial charge in [0.1, 0.15) is 0 Å². The Morgan fingerprint density at radius 2 is 1.21 bits per heavy atom. The molecule has 2 amide bonds. The standard InChI is InChI=1S/C8H18N4O2/c1-4(7(9)13)11-6(3)12-5(2)8(10)14/h4-6,11-12H,1-3H3,(H2,9,13)(H2,10,14). The molecule has 0 aromatic rings. The monoisotopic (exact) mass is 202 g/mol. The maximum Gasteiger partial charge on any atom is 0.234 e. The van der Waals surface area contributed by atoms with E-state index in [9.17, 15) is 9.59 Å². The smallest absolute Gasteiger partial charge is 0.234 e. The SMILES string of the molecule is CC(NC(C)C(N)=O)NC(C)C(N)=O. The lowest BCUT2D eigenvalue weighted by Crippen LogP contribution is -2.54. The lowest BCUT2D eigenvalue weighted by Gasteiger charge is -2.21. The van der Waals surface area contributed by atoms with Gasteiger partial charge < -0.3 is 11.5 Å². The lowest BCUT2D eigenvalue weighted by molar-refractivity contribution is -0.119. The van der Waals surface area contributed by atoms with Gasteiger partial charge in [0, 0.05) is 0 Å². The van der Waals surface area contributed by atoms with E-state index in [-0.39, 0.29) is 6.17 Å². The van der Waals surface area contributed by atoms with Crippen LogP contribution in [-0.4, -0.2) is 30.1 Å². The molecule has 2 unspecified atom stereocenters. The molecule has 0 saturated carbocycles. The summed E-state index contributed by atoms with van der Waals surface area (Å²) < 4.78 is 0. The predicted molar refractivity (Wildman–Crippen MR) is 53.0 cm³/mol. The van der Waals surface area contributed by atoms with E-state index in [1.54, 1.807) is 20.8 Å². The van der Waals surface area contributed by atoms with Crippen LogP contribution in [-0.2, 0) is 9.59 Å². The summed E-state index contributed by atoms with van der Waals surface area (Å²) in [4.78, 5) is 21.4. The summed E-state index contributed by atoms with van der Waals surface area (Å²) >= 11 is 0. The van der Waals surface area contributed by atoms with Gasteiger partial charge in [0.25, 0.3) is 0 Å². The second-order valence-corrected chi connectivity index (χ2v) is 3.30. The molecule has 0 spiro atoms. The number of rotatable bonds is 6. The second kappa shape index (κ2) is 5.56. The Balaban J connectivity index is 3.92. The number of hydrogen-bond acceptors (Lipinski definition) is 4. The van der Waals surface area contributed by atoms with Crippen molar-refractivity contribution in [1.29, 1.82) is 0 Å². The molecule has 0 aliphatic carbocycles. The zero-order chi connectivity index (χ0) is 11.3. The Morgan fingerprint density at radius 1 is 0.929 bits per heavy atom. The summed E-state index contributed by atoms with van der Waals surface area (Å²) in [6, 6.07) is -0.893. The summed E-state index contributed by atoms with van der Waals surface area (Å²) in [5, 5.41) is 5.74. The number of amides is 2. The average Bonchev–Trinajstić information content (AvgIpc) is 2.03. The fourth-order valence-electron chi connectivity index (χ4n) is 0.962. The Bertz CT molecular complexity index is 197. The molecule has 2 atom stereocenters. The van der Waals surface area contributed by atoms with Crippen molar-refractivity contribution in [2.24, 2.45) is 11.5 Å². The molecule has 0 rings (SSSR count). The zero-order valence-electron chi connectivity index (χ0n) is 8.70. The van der Waals surface area contributed by atoms with E-state index < -0.39 is 23.9 Å². The fourth-order valence-corrected chi connectivity index (χ4v) is 0.962. The molecule has 6 nitrogen and oxygen atoms in total. The van der Waals surface area contributed by atoms with Crippen molar-refractivity contribution in [2.75, 3.05) is 0 Å². The largest absolute Gasteiger partial charge is 0.368 e. The minimum Gasteiger partial charge on any atom is -0.368 e. The van der Waals surface area contributed by atoms with E-state index >= 15 is 0 Å². The number of nitrogens with one attached hydrogen (secondary N) is 2. The van der Waals surface area contributed by atoms with E-state index in [4.69, 9.17) is 11.5 Å². The van der Waals surface area contributed by atoms with Gasteiger partial charge in [0.05, 0.1) is 18.2 Å². The summed E-state index contributed by atoms with van der Waals surface area (Å²) in [7, 11) is 0.